The van der Waals surface area contributed by atoms with Gasteiger partial charge in [0.05, 0.1) is 17.7 Å². The summed E-state index contributed by atoms with van der Waals surface area (Å²) in [5.41, 5.74) is 3.23. The molecule has 0 saturated carbocycles. The molecule has 4 nitrogen and oxygen atoms in total. The van der Waals surface area contributed by atoms with E-state index in [2.05, 4.69) is 17.6 Å². The SMILES string of the molecule is CCc1ccc(CC(=O)Nc2ccccc2C(=O)NCC(C)C)cc1. The molecule has 2 aromatic rings. The van der Waals surface area contributed by atoms with Gasteiger partial charge in [0.15, 0.2) is 0 Å². The third kappa shape index (κ3) is 5.75. The van der Waals surface area contributed by atoms with Crippen LogP contribution in [0.25, 0.3) is 0 Å². The number of anilines is 1. The van der Waals surface area contributed by atoms with Gasteiger partial charge >= 0.3 is 0 Å². The summed E-state index contributed by atoms with van der Waals surface area (Å²) in [6.45, 7) is 6.78. The topological polar surface area (TPSA) is 58.2 Å². The molecule has 0 radical (unpaired) electrons. The molecule has 0 heterocycles. The van der Waals surface area contributed by atoms with Crippen LogP contribution in [0.15, 0.2) is 48.5 Å². The van der Waals surface area contributed by atoms with Gasteiger partial charge in [-0.25, -0.2) is 0 Å². The first kappa shape index (κ1) is 18.7. The van der Waals surface area contributed by atoms with Gasteiger partial charge in [-0.05, 0) is 35.6 Å². The largest absolute Gasteiger partial charge is 0.352 e. The lowest BCUT2D eigenvalue weighted by atomic mass is 10.1. The molecule has 0 unspecified atom stereocenters. The molecule has 25 heavy (non-hydrogen) atoms. The lowest BCUT2D eigenvalue weighted by Gasteiger charge is -2.12. The summed E-state index contributed by atoms with van der Waals surface area (Å²) in [5.74, 6) is 0.0713. The van der Waals surface area contributed by atoms with E-state index in [1.807, 2.05) is 44.2 Å². The van der Waals surface area contributed by atoms with E-state index in [0.29, 0.717) is 23.7 Å². The van der Waals surface area contributed by atoms with Gasteiger partial charge in [-0.15, -0.1) is 0 Å². The number of nitrogens with one attached hydrogen (secondary N) is 2. The van der Waals surface area contributed by atoms with Crippen molar-refractivity contribution in [2.24, 2.45) is 5.92 Å². The monoisotopic (exact) mass is 338 g/mol. The summed E-state index contributed by atoms with van der Waals surface area (Å²) >= 11 is 0. The van der Waals surface area contributed by atoms with E-state index >= 15 is 0 Å². The predicted octanol–water partition coefficient (Wildman–Crippen LogP) is 3.82. The van der Waals surface area contributed by atoms with Crippen LogP contribution in [0, 0.1) is 5.92 Å². The van der Waals surface area contributed by atoms with E-state index in [1.165, 1.54) is 5.56 Å². The molecular formula is C21H26N2O2. The maximum Gasteiger partial charge on any atom is 0.253 e. The van der Waals surface area contributed by atoms with Crippen LogP contribution in [-0.4, -0.2) is 18.4 Å². The summed E-state index contributed by atoms with van der Waals surface area (Å²) in [7, 11) is 0. The zero-order valence-corrected chi connectivity index (χ0v) is 15.1. The summed E-state index contributed by atoms with van der Waals surface area (Å²) in [4.78, 5) is 24.7. The number of rotatable bonds is 7. The Kier molecular flexibility index (Phi) is 6.75. The van der Waals surface area contributed by atoms with Gasteiger partial charge in [-0.2, -0.15) is 0 Å². The summed E-state index contributed by atoms with van der Waals surface area (Å²) in [6, 6.07) is 15.1. The van der Waals surface area contributed by atoms with Crippen molar-refractivity contribution in [2.75, 3.05) is 11.9 Å². The Hall–Kier alpha value is -2.62. The second-order valence-corrected chi connectivity index (χ2v) is 6.54. The second-order valence-electron chi connectivity index (χ2n) is 6.54. The van der Waals surface area contributed by atoms with E-state index in [-0.39, 0.29) is 18.2 Å². The highest BCUT2D eigenvalue weighted by Gasteiger charge is 2.13. The average molecular weight is 338 g/mol. The Balaban J connectivity index is 2.03. The van der Waals surface area contributed by atoms with Crippen molar-refractivity contribution in [2.45, 2.75) is 33.6 Å². The first-order valence-corrected chi connectivity index (χ1v) is 8.74. The number of hydrogen-bond acceptors (Lipinski definition) is 2. The fourth-order valence-electron chi connectivity index (χ4n) is 2.45. The minimum atomic E-state index is -0.170. The van der Waals surface area contributed by atoms with Crippen molar-refractivity contribution in [1.29, 1.82) is 0 Å². The number of benzene rings is 2. The van der Waals surface area contributed by atoms with Crippen molar-refractivity contribution in [3.63, 3.8) is 0 Å². The lowest BCUT2D eigenvalue weighted by molar-refractivity contribution is -0.115. The highest BCUT2D eigenvalue weighted by Crippen LogP contribution is 2.16. The van der Waals surface area contributed by atoms with E-state index in [4.69, 9.17) is 0 Å². The smallest absolute Gasteiger partial charge is 0.253 e. The molecule has 0 aliphatic rings. The number of aryl methyl sites for hydroxylation is 1. The average Bonchev–Trinajstić information content (AvgIpc) is 2.60. The van der Waals surface area contributed by atoms with Crippen molar-refractivity contribution >= 4 is 17.5 Å². The quantitative estimate of drug-likeness (QED) is 0.806. The van der Waals surface area contributed by atoms with E-state index in [9.17, 15) is 9.59 Å². The first-order valence-electron chi connectivity index (χ1n) is 8.74. The number of amides is 2. The van der Waals surface area contributed by atoms with Crippen LogP contribution in [0.5, 0.6) is 0 Å². The molecule has 0 fully saturated rings. The Bertz CT molecular complexity index is 721. The zero-order valence-electron chi connectivity index (χ0n) is 15.1. The molecule has 2 amide bonds. The molecule has 132 valence electrons. The molecule has 2 rings (SSSR count). The number of carbonyl (C=O) groups excluding carboxylic acids is 2. The Morgan fingerprint density at radius 3 is 2.24 bits per heavy atom. The second kappa shape index (κ2) is 9.02. The number of carbonyl (C=O) groups is 2. The van der Waals surface area contributed by atoms with E-state index in [1.54, 1.807) is 18.2 Å². The van der Waals surface area contributed by atoms with Crippen LogP contribution >= 0.6 is 0 Å². The Morgan fingerprint density at radius 2 is 1.60 bits per heavy atom. The Morgan fingerprint density at radius 1 is 0.960 bits per heavy atom. The van der Waals surface area contributed by atoms with Gasteiger partial charge in [0.1, 0.15) is 0 Å². The maximum absolute atomic E-state index is 12.3. The lowest BCUT2D eigenvalue weighted by Crippen LogP contribution is -2.28. The summed E-state index contributed by atoms with van der Waals surface area (Å²) in [6.07, 6.45) is 1.26. The van der Waals surface area contributed by atoms with Crippen LogP contribution in [0.1, 0.15) is 42.3 Å². The van der Waals surface area contributed by atoms with Gasteiger partial charge in [0, 0.05) is 6.54 Å². The highest BCUT2D eigenvalue weighted by molar-refractivity contribution is 6.04. The number of hydrogen-bond donors (Lipinski definition) is 2. The molecule has 0 aromatic heterocycles. The predicted molar refractivity (Wildman–Crippen MR) is 102 cm³/mol. The number of para-hydroxylation sites is 1. The van der Waals surface area contributed by atoms with E-state index < -0.39 is 0 Å². The standard InChI is InChI=1S/C21H26N2O2/c1-4-16-9-11-17(12-10-16)13-20(24)23-19-8-6-5-7-18(19)21(25)22-14-15(2)3/h5-12,15H,4,13-14H2,1-3H3,(H,22,25)(H,23,24). The molecule has 0 aliphatic carbocycles. The summed E-state index contributed by atoms with van der Waals surface area (Å²) < 4.78 is 0. The van der Waals surface area contributed by atoms with Crippen LogP contribution in [0.2, 0.25) is 0 Å². The van der Waals surface area contributed by atoms with Gasteiger partial charge in [-0.3, -0.25) is 9.59 Å². The normalized spacial score (nSPS) is 10.6. The summed E-state index contributed by atoms with van der Waals surface area (Å²) in [5, 5.41) is 5.74. The molecule has 0 bridgehead atoms. The van der Waals surface area contributed by atoms with Gasteiger partial charge < -0.3 is 10.6 Å². The van der Waals surface area contributed by atoms with Crippen LogP contribution in [0.4, 0.5) is 5.69 Å². The zero-order chi connectivity index (χ0) is 18.2. The first-order chi connectivity index (χ1) is 12.0. The van der Waals surface area contributed by atoms with Gasteiger partial charge in [0.25, 0.3) is 5.91 Å². The minimum Gasteiger partial charge on any atom is -0.352 e. The van der Waals surface area contributed by atoms with Crippen LogP contribution in [-0.2, 0) is 17.6 Å². The minimum absolute atomic E-state index is 0.131. The molecule has 0 aliphatic heterocycles. The molecule has 0 spiro atoms. The molecule has 0 atom stereocenters. The van der Waals surface area contributed by atoms with Crippen LogP contribution in [0.3, 0.4) is 0 Å². The van der Waals surface area contributed by atoms with Crippen LogP contribution < -0.4 is 10.6 Å². The van der Waals surface area contributed by atoms with Crippen molar-refractivity contribution in [1.82, 2.24) is 5.32 Å². The third-order valence-corrected chi connectivity index (χ3v) is 3.91. The molecule has 0 saturated heterocycles. The van der Waals surface area contributed by atoms with Gasteiger partial charge in [0.2, 0.25) is 5.91 Å². The highest BCUT2D eigenvalue weighted by atomic mass is 16.2. The molecule has 2 N–H and O–H groups in total. The van der Waals surface area contributed by atoms with Crippen molar-refractivity contribution in [3.05, 3.63) is 65.2 Å². The molecule has 4 heteroatoms. The fourth-order valence-corrected chi connectivity index (χ4v) is 2.45. The maximum atomic E-state index is 12.3. The molecular weight excluding hydrogens is 312 g/mol. The Labute approximate surface area is 149 Å². The van der Waals surface area contributed by atoms with Crippen molar-refractivity contribution < 1.29 is 9.59 Å². The van der Waals surface area contributed by atoms with E-state index in [0.717, 1.165) is 12.0 Å². The van der Waals surface area contributed by atoms with Crippen molar-refractivity contribution in [3.8, 4) is 0 Å². The van der Waals surface area contributed by atoms with Gasteiger partial charge in [-0.1, -0.05) is 57.2 Å². The third-order valence-electron chi connectivity index (χ3n) is 3.91. The molecule has 2 aromatic carbocycles. The fraction of sp³-hybridized carbons (Fsp3) is 0.333.